The lowest BCUT2D eigenvalue weighted by atomic mass is 9.95. The Kier molecular flexibility index (Phi) is 8.42. The molecule has 0 fully saturated rings. The first-order valence-electron chi connectivity index (χ1n) is 9.99. The highest BCUT2D eigenvalue weighted by molar-refractivity contribution is 7.92. The van der Waals surface area contributed by atoms with Gasteiger partial charge in [0, 0.05) is 17.3 Å². The van der Waals surface area contributed by atoms with Crippen LogP contribution < -0.4 is 10.5 Å². The molecule has 0 saturated carbocycles. The summed E-state index contributed by atoms with van der Waals surface area (Å²) in [6, 6.07) is 13.5. The molecule has 3 atom stereocenters. The molecule has 0 heterocycles. The first-order valence-corrected chi connectivity index (χ1v) is 13.4. The topological polar surface area (TPSA) is 147 Å². The second-order valence-corrected chi connectivity index (χ2v) is 12.0. The molecule has 0 amide bonds. The molecule has 0 aromatic heterocycles. The molecule has 3 unspecified atom stereocenters. The van der Waals surface area contributed by atoms with Crippen molar-refractivity contribution < 1.29 is 27.8 Å². The van der Waals surface area contributed by atoms with Crippen LogP contribution in [-0.4, -0.2) is 36.3 Å². The lowest BCUT2D eigenvalue weighted by Crippen LogP contribution is -2.38. The summed E-state index contributed by atoms with van der Waals surface area (Å²) >= 11 is 0. The van der Waals surface area contributed by atoms with E-state index in [1.54, 1.807) is 69.3 Å². The zero-order valence-corrected chi connectivity index (χ0v) is 19.9. The minimum Gasteiger partial charge on any atom is -0.481 e. The van der Waals surface area contributed by atoms with E-state index in [-0.39, 0.29) is 0 Å². The van der Waals surface area contributed by atoms with Crippen LogP contribution >= 0.6 is 7.37 Å². The number of nitrogen functional groups attached to an aromatic ring is 1. The molecule has 2 aromatic carbocycles. The second kappa shape index (κ2) is 10.4. The van der Waals surface area contributed by atoms with E-state index >= 15 is 0 Å². The maximum Gasteiger partial charge on any atom is 0.311 e. The number of hydrogen-bond acceptors (Lipinski definition) is 5. The van der Waals surface area contributed by atoms with Crippen molar-refractivity contribution in [3.8, 4) is 0 Å². The van der Waals surface area contributed by atoms with Crippen LogP contribution in [0.1, 0.15) is 36.5 Å². The molecule has 8 nitrogen and oxygen atoms in total. The number of carboxylic acid groups (broad SMARTS) is 1. The van der Waals surface area contributed by atoms with E-state index in [1.165, 1.54) is 6.08 Å². The number of hydrogen-bond donors (Lipinski definition) is 4. The Bertz CT molecular complexity index is 1130. The quantitative estimate of drug-likeness (QED) is 0.300. The van der Waals surface area contributed by atoms with E-state index in [4.69, 9.17) is 5.73 Å². The maximum atomic E-state index is 13.3. The Morgan fingerprint density at radius 1 is 1.16 bits per heavy atom. The molecule has 0 radical (unpaired) electrons. The minimum absolute atomic E-state index is 0.320. The molecule has 0 aliphatic carbocycles. The van der Waals surface area contributed by atoms with E-state index in [2.05, 4.69) is 4.72 Å². The number of carboxylic acids is 1. The fraction of sp³-hybridized carbons (Fsp3) is 0.318. The van der Waals surface area contributed by atoms with Gasteiger partial charge in [0.1, 0.15) is 5.78 Å². The summed E-state index contributed by atoms with van der Waals surface area (Å²) in [7, 11) is -8.38. The number of nitrogens with one attached hydrogen (secondary N) is 1. The number of sulfonamides is 1. The highest BCUT2D eigenvalue weighted by Crippen LogP contribution is 2.51. The third-order valence-corrected chi connectivity index (χ3v) is 8.86. The lowest BCUT2D eigenvalue weighted by Gasteiger charge is -2.29. The summed E-state index contributed by atoms with van der Waals surface area (Å²) < 4.78 is 40.8. The summed E-state index contributed by atoms with van der Waals surface area (Å²) in [5, 5.41) is 10.7. The van der Waals surface area contributed by atoms with Crippen LogP contribution in [0, 0.1) is 12.8 Å². The van der Waals surface area contributed by atoms with Crippen LogP contribution in [0.4, 0.5) is 5.69 Å². The molecule has 0 saturated heterocycles. The molecule has 0 aliphatic heterocycles. The average molecular weight is 481 g/mol. The third-order valence-electron chi connectivity index (χ3n) is 5.13. The normalized spacial score (nSPS) is 16.0. The minimum atomic E-state index is -4.31. The first-order chi connectivity index (χ1) is 14.8. The van der Waals surface area contributed by atoms with Crippen LogP contribution in [0.2, 0.25) is 0 Å². The summed E-state index contributed by atoms with van der Waals surface area (Å²) in [5.74, 6) is -4.54. The van der Waals surface area contributed by atoms with Crippen molar-refractivity contribution in [2.24, 2.45) is 5.92 Å². The lowest BCUT2D eigenvalue weighted by molar-refractivity contribution is -0.138. The van der Waals surface area contributed by atoms with Gasteiger partial charge in [0.15, 0.2) is 0 Å². The predicted octanol–water partition coefficient (Wildman–Crippen LogP) is 3.59. The molecule has 0 spiro atoms. The van der Waals surface area contributed by atoms with Crippen molar-refractivity contribution in [1.82, 2.24) is 4.72 Å². The highest BCUT2D eigenvalue weighted by Gasteiger charge is 2.40. The van der Waals surface area contributed by atoms with E-state index in [9.17, 15) is 27.8 Å². The van der Waals surface area contributed by atoms with Crippen molar-refractivity contribution in [2.75, 3.05) is 11.9 Å². The Morgan fingerprint density at radius 3 is 2.34 bits per heavy atom. The number of anilines is 1. The van der Waals surface area contributed by atoms with Gasteiger partial charge in [-0.1, -0.05) is 56.3 Å². The molecule has 32 heavy (non-hydrogen) atoms. The van der Waals surface area contributed by atoms with Crippen molar-refractivity contribution in [3.63, 3.8) is 0 Å². The second-order valence-electron chi connectivity index (χ2n) is 7.96. The van der Waals surface area contributed by atoms with Crippen molar-refractivity contribution in [2.45, 2.75) is 32.5 Å². The van der Waals surface area contributed by atoms with Crippen LogP contribution in [0.3, 0.4) is 0 Å². The Hall–Kier alpha value is -2.45. The number of benzene rings is 2. The first kappa shape index (κ1) is 25.8. The van der Waals surface area contributed by atoms with Gasteiger partial charge in [-0.2, -0.15) is 4.72 Å². The number of nitrogens with two attached hydrogens (primary N) is 1. The van der Waals surface area contributed by atoms with E-state index in [1.807, 2.05) is 0 Å². The summed E-state index contributed by atoms with van der Waals surface area (Å²) in [4.78, 5) is 22.8. The zero-order valence-electron chi connectivity index (χ0n) is 18.2. The van der Waals surface area contributed by atoms with Crippen molar-refractivity contribution in [3.05, 3.63) is 70.6 Å². The van der Waals surface area contributed by atoms with Gasteiger partial charge in [0.05, 0.1) is 5.92 Å². The molecule has 10 heteroatoms. The monoisotopic (exact) mass is 480 g/mol. The molecule has 2 aromatic rings. The van der Waals surface area contributed by atoms with Gasteiger partial charge >= 0.3 is 5.97 Å². The fourth-order valence-electron chi connectivity index (χ4n) is 3.36. The Morgan fingerprint density at radius 2 is 1.78 bits per heavy atom. The Labute approximate surface area is 188 Å². The van der Waals surface area contributed by atoms with Crippen LogP contribution in [-0.2, 0) is 19.4 Å². The summed E-state index contributed by atoms with van der Waals surface area (Å²) in [5.41, 5.74) is 7.72. The molecule has 0 bridgehead atoms. The smallest absolute Gasteiger partial charge is 0.311 e. The van der Waals surface area contributed by atoms with Gasteiger partial charge in [0.25, 0.3) is 0 Å². The van der Waals surface area contributed by atoms with Gasteiger partial charge in [-0.15, -0.1) is 0 Å². The number of carbonyl (C=O) groups is 1. The average Bonchev–Trinajstić information content (AvgIpc) is 2.71. The van der Waals surface area contributed by atoms with Crippen LogP contribution in [0.5, 0.6) is 0 Å². The largest absolute Gasteiger partial charge is 0.481 e. The third kappa shape index (κ3) is 6.77. The van der Waals surface area contributed by atoms with E-state index < -0.39 is 47.1 Å². The molecule has 2 rings (SSSR count). The molecular weight excluding hydrogens is 451 g/mol. The molecule has 0 aliphatic rings. The Balaban J connectivity index is 2.32. The van der Waals surface area contributed by atoms with Gasteiger partial charge < -0.3 is 15.7 Å². The van der Waals surface area contributed by atoms with Crippen molar-refractivity contribution in [1.29, 1.82) is 0 Å². The number of aliphatic carboxylic acids is 1. The zero-order chi connectivity index (χ0) is 24.1. The highest BCUT2D eigenvalue weighted by atomic mass is 32.2. The van der Waals surface area contributed by atoms with Gasteiger partial charge in [-0.05, 0) is 41.7 Å². The molecule has 5 N–H and O–H groups in total. The van der Waals surface area contributed by atoms with E-state index in [0.29, 0.717) is 22.4 Å². The predicted molar refractivity (Wildman–Crippen MR) is 127 cm³/mol. The maximum absolute atomic E-state index is 13.3. The summed E-state index contributed by atoms with van der Waals surface area (Å²) in [6.45, 7) is 4.83. The molecule has 174 valence electrons. The summed E-state index contributed by atoms with van der Waals surface area (Å²) in [6.07, 6.45) is 0.735. The molecular formula is C22H29N2O6PS. The van der Waals surface area contributed by atoms with Gasteiger partial charge in [0.2, 0.25) is 17.4 Å². The van der Waals surface area contributed by atoms with Gasteiger partial charge in [-0.3, -0.25) is 9.36 Å². The van der Waals surface area contributed by atoms with E-state index in [0.717, 1.165) is 5.41 Å². The van der Waals surface area contributed by atoms with Crippen LogP contribution in [0.25, 0.3) is 6.08 Å². The standard InChI is InChI=1S/C22H29N2O6PS/c1-15(2)21(24-32(29,30)13-12-17-8-5-4-6-9-17)31(27,28)14-19(22(25)26)18-10-7-11-20(23)16(18)3/h4-13,15,19,21,24H,14,23H2,1-3H3,(H,25,26)(H,27,28)/b13-12+. The fourth-order valence-corrected chi connectivity index (χ4v) is 7.52. The van der Waals surface area contributed by atoms with Crippen molar-refractivity contribution >= 4 is 35.1 Å². The SMILES string of the molecule is Cc1c(N)cccc1C(CP(=O)(O)C(NS(=O)(=O)/C=C/c1ccccc1)C(C)C)C(=O)O. The number of rotatable bonds is 10. The van der Waals surface area contributed by atoms with Crippen LogP contribution in [0.15, 0.2) is 53.9 Å². The van der Waals surface area contributed by atoms with Gasteiger partial charge in [-0.25, -0.2) is 8.42 Å².